The molecule has 4 aromatic carbocycles. The smallest absolute Gasteiger partial charge is 0.338 e. The lowest BCUT2D eigenvalue weighted by atomic mass is 10.0. The molecule has 5 aromatic rings. The molecule has 0 bridgehead atoms. The molecule has 1 heterocycles. The minimum atomic E-state index is -0.996. The Hall–Kier alpha value is -3.22. The van der Waals surface area contributed by atoms with Crippen LogP contribution in [0.25, 0.3) is 21.7 Å². The first-order chi connectivity index (χ1) is 16.8. The molecule has 6 heteroatoms. The Bertz CT molecular complexity index is 1600. The summed E-state index contributed by atoms with van der Waals surface area (Å²) in [5, 5.41) is 23.4. The van der Waals surface area contributed by atoms with Crippen molar-refractivity contribution in [3.8, 4) is 5.75 Å². The molecule has 35 heavy (non-hydrogen) atoms. The highest BCUT2D eigenvalue weighted by Crippen LogP contribution is 2.38. The standard InChI is InChI=1S/C29H24BrNO3S/c1-17-10-11-27(18(2)12-17)35-16-25-28(29(33)34)22-13-26(32)23(30)14-24(22)31(25)15-20-8-5-7-19-6-3-4-9-21(19)20/h3-14,32H,15-16H2,1-2H3,(H,33,34). The first-order valence-electron chi connectivity index (χ1n) is 11.3. The van der Waals surface area contributed by atoms with Crippen molar-refractivity contribution >= 4 is 55.3 Å². The lowest BCUT2D eigenvalue weighted by molar-refractivity contribution is 0.0698. The number of aromatic carboxylic acids is 1. The van der Waals surface area contributed by atoms with Gasteiger partial charge in [-0.25, -0.2) is 4.79 Å². The second-order valence-electron chi connectivity index (χ2n) is 8.73. The van der Waals surface area contributed by atoms with Gasteiger partial charge in [0.2, 0.25) is 0 Å². The van der Waals surface area contributed by atoms with E-state index >= 15 is 0 Å². The van der Waals surface area contributed by atoms with Gasteiger partial charge in [0.1, 0.15) is 5.75 Å². The summed E-state index contributed by atoms with van der Waals surface area (Å²) in [4.78, 5) is 13.6. The van der Waals surface area contributed by atoms with E-state index in [-0.39, 0.29) is 11.3 Å². The summed E-state index contributed by atoms with van der Waals surface area (Å²) < 4.78 is 2.62. The minimum Gasteiger partial charge on any atom is -0.507 e. The molecule has 0 amide bonds. The fourth-order valence-electron chi connectivity index (χ4n) is 4.69. The third-order valence-corrected chi connectivity index (χ3v) is 8.18. The van der Waals surface area contributed by atoms with Crippen molar-refractivity contribution in [2.24, 2.45) is 0 Å². The SMILES string of the molecule is Cc1ccc(SCc2c(C(=O)O)c3cc(O)c(Br)cc3n2Cc2cccc3ccccc23)c(C)c1. The van der Waals surface area contributed by atoms with Gasteiger partial charge in [0.05, 0.1) is 15.6 Å². The zero-order valence-corrected chi connectivity index (χ0v) is 21.8. The second kappa shape index (κ2) is 9.44. The molecule has 1 aromatic heterocycles. The summed E-state index contributed by atoms with van der Waals surface area (Å²) in [6, 6.07) is 24.1. The van der Waals surface area contributed by atoms with Crippen LogP contribution < -0.4 is 0 Å². The average molecular weight is 546 g/mol. The molecule has 0 aliphatic heterocycles. The maximum absolute atomic E-state index is 12.5. The number of fused-ring (bicyclic) bond motifs is 2. The number of carboxylic acids is 1. The van der Waals surface area contributed by atoms with Gasteiger partial charge in [0.15, 0.2) is 0 Å². The molecule has 0 fully saturated rings. The number of halogens is 1. The Balaban J connectivity index is 1.69. The number of thioether (sulfide) groups is 1. The molecule has 0 unspecified atom stereocenters. The van der Waals surface area contributed by atoms with Gasteiger partial charge in [-0.1, -0.05) is 60.2 Å². The highest BCUT2D eigenvalue weighted by Gasteiger charge is 2.24. The third kappa shape index (κ3) is 4.44. The van der Waals surface area contributed by atoms with E-state index in [2.05, 4.69) is 76.8 Å². The van der Waals surface area contributed by atoms with Crippen molar-refractivity contribution < 1.29 is 15.0 Å². The van der Waals surface area contributed by atoms with Crippen LogP contribution in [0.4, 0.5) is 0 Å². The van der Waals surface area contributed by atoms with Crippen LogP contribution in [-0.4, -0.2) is 20.7 Å². The van der Waals surface area contributed by atoms with Crippen LogP contribution in [0, 0.1) is 13.8 Å². The van der Waals surface area contributed by atoms with Crippen molar-refractivity contribution in [1.82, 2.24) is 4.57 Å². The van der Waals surface area contributed by atoms with Crippen LogP contribution in [0.1, 0.15) is 32.7 Å². The summed E-state index contributed by atoms with van der Waals surface area (Å²) in [6.45, 7) is 4.66. The van der Waals surface area contributed by atoms with Gasteiger partial charge in [-0.15, -0.1) is 11.8 Å². The Morgan fingerprint density at radius 2 is 1.74 bits per heavy atom. The molecule has 0 radical (unpaired) electrons. The quantitative estimate of drug-likeness (QED) is 0.213. The fraction of sp³-hybridized carbons (Fsp3) is 0.138. The van der Waals surface area contributed by atoms with Crippen LogP contribution >= 0.6 is 27.7 Å². The van der Waals surface area contributed by atoms with E-state index in [4.69, 9.17) is 0 Å². The van der Waals surface area contributed by atoms with E-state index in [1.807, 2.05) is 24.3 Å². The Morgan fingerprint density at radius 3 is 2.51 bits per heavy atom. The summed E-state index contributed by atoms with van der Waals surface area (Å²) in [7, 11) is 0. The van der Waals surface area contributed by atoms with E-state index < -0.39 is 5.97 Å². The molecule has 0 spiro atoms. The maximum atomic E-state index is 12.5. The Kier molecular flexibility index (Phi) is 6.34. The van der Waals surface area contributed by atoms with E-state index in [0.29, 0.717) is 22.2 Å². The summed E-state index contributed by atoms with van der Waals surface area (Å²) in [5.74, 6) is -0.482. The second-order valence-corrected chi connectivity index (χ2v) is 10.6. The zero-order chi connectivity index (χ0) is 24.7. The molecule has 176 valence electrons. The zero-order valence-electron chi connectivity index (χ0n) is 19.4. The van der Waals surface area contributed by atoms with Gasteiger partial charge in [-0.2, -0.15) is 0 Å². The van der Waals surface area contributed by atoms with Crippen LogP contribution in [0.2, 0.25) is 0 Å². The molecule has 0 aliphatic carbocycles. The number of carbonyl (C=O) groups is 1. The number of aryl methyl sites for hydroxylation is 2. The Morgan fingerprint density at radius 1 is 0.971 bits per heavy atom. The number of phenolic OH excluding ortho intramolecular Hbond substituents is 1. The summed E-state index contributed by atoms with van der Waals surface area (Å²) in [5.41, 5.74) is 5.21. The highest BCUT2D eigenvalue weighted by atomic mass is 79.9. The van der Waals surface area contributed by atoms with Crippen LogP contribution in [-0.2, 0) is 12.3 Å². The number of carboxylic acid groups (broad SMARTS) is 1. The van der Waals surface area contributed by atoms with Gasteiger partial charge in [0.25, 0.3) is 0 Å². The number of aromatic nitrogens is 1. The monoisotopic (exact) mass is 545 g/mol. The predicted molar refractivity (Wildman–Crippen MR) is 147 cm³/mol. The normalized spacial score (nSPS) is 11.4. The van der Waals surface area contributed by atoms with Gasteiger partial charge in [-0.3, -0.25) is 0 Å². The first-order valence-corrected chi connectivity index (χ1v) is 13.0. The van der Waals surface area contributed by atoms with E-state index in [9.17, 15) is 15.0 Å². The number of rotatable bonds is 6. The molecular weight excluding hydrogens is 522 g/mol. The molecule has 4 nitrogen and oxygen atoms in total. The molecule has 0 saturated carbocycles. The molecule has 2 N–H and O–H groups in total. The summed E-state index contributed by atoms with van der Waals surface area (Å²) >= 11 is 5.06. The van der Waals surface area contributed by atoms with Crippen LogP contribution in [0.5, 0.6) is 5.75 Å². The number of hydrogen-bond donors (Lipinski definition) is 2. The van der Waals surface area contributed by atoms with Crippen LogP contribution in [0.3, 0.4) is 0 Å². The minimum absolute atomic E-state index is 0.0240. The van der Waals surface area contributed by atoms with Gasteiger partial charge >= 0.3 is 5.97 Å². The topological polar surface area (TPSA) is 62.5 Å². The number of hydrogen-bond acceptors (Lipinski definition) is 3. The highest BCUT2D eigenvalue weighted by molar-refractivity contribution is 9.10. The first kappa shape index (κ1) is 23.5. The molecule has 0 aliphatic rings. The molecule has 5 rings (SSSR count). The molecular formula is C29H24BrNO3S. The summed E-state index contributed by atoms with van der Waals surface area (Å²) in [6.07, 6.45) is 0. The van der Waals surface area contributed by atoms with E-state index in [1.165, 1.54) is 11.1 Å². The van der Waals surface area contributed by atoms with E-state index in [0.717, 1.165) is 32.4 Å². The largest absolute Gasteiger partial charge is 0.507 e. The third-order valence-electron chi connectivity index (χ3n) is 6.36. The van der Waals surface area contributed by atoms with E-state index in [1.54, 1.807) is 17.8 Å². The number of phenols is 1. The number of benzene rings is 4. The van der Waals surface area contributed by atoms with Crippen molar-refractivity contribution in [1.29, 1.82) is 0 Å². The lowest BCUT2D eigenvalue weighted by Gasteiger charge is -2.14. The van der Waals surface area contributed by atoms with Crippen molar-refractivity contribution in [2.75, 3.05) is 0 Å². The van der Waals surface area contributed by atoms with Gasteiger partial charge in [0, 0.05) is 28.3 Å². The van der Waals surface area contributed by atoms with Crippen molar-refractivity contribution in [3.63, 3.8) is 0 Å². The molecule has 0 saturated heterocycles. The van der Waals surface area contributed by atoms with Crippen molar-refractivity contribution in [3.05, 3.63) is 105 Å². The number of aromatic hydroxyl groups is 1. The van der Waals surface area contributed by atoms with Crippen molar-refractivity contribution in [2.45, 2.75) is 31.0 Å². The predicted octanol–water partition coefficient (Wildman–Crippen LogP) is 7.92. The number of nitrogens with zero attached hydrogens (tertiary/aromatic N) is 1. The Labute approximate surface area is 216 Å². The maximum Gasteiger partial charge on any atom is 0.338 e. The van der Waals surface area contributed by atoms with Gasteiger partial charge < -0.3 is 14.8 Å². The van der Waals surface area contributed by atoms with Gasteiger partial charge in [-0.05, 0) is 69.9 Å². The van der Waals surface area contributed by atoms with Crippen LogP contribution in [0.15, 0.2) is 82.2 Å². The lowest BCUT2D eigenvalue weighted by Crippen LogP contribution is -2.08. The molecule has 0 atom stereocenters. The average Bonchev–Trinajstić information content (AvgIpc) is 3.11. The fourth-order valence-corrected chi connectivity index (χ4v) is 6.06.